The molecule has 0 fully saturated rings. The summed E-state index contributed by atoms with van der Waals surface area (Å²) < 4.78 is 31.8. The first kappa shape index (κ1) is 112. The van der Waals surface area contributed by atoms with Gasteiger partial charge in [-0.3, -0.25) is 33.6 Å². The van der Waals surface area contributed by atoms with Crippen molar-refractivity contribution < 1.29 is 117 Å². The summed E-state index contributed by atoms with van der Waals surface area (Å²) in [5.41, 5.74) is 33.5. The molecule has 0 radical (unpaired) electrons. The molecule has 147 heavy (non-hydrogen) atoms. The number of carboxylic acids is 2. The third-order valence-electron chi connectivity index (χ3n) is 21.8. The molecule has 16 rings (SSSR count). The topological polar surface area (TPSA) is 546 Å². The third-order valence-corrected chi connectivity index (χ3v) is 21.8. The zero-order valence-electron chi connectivity index (χ0n) is 83.9. The molecular weight excluding hydrogens is 1890 g/mol. The zero-order chi connectivity index (χ0) is 104. The SMILES string of the molecule is CC(C)(C)OC(=O)NCc1cccc(-c2nc(C(=O)O)c3cccn3n2)c1.CCOC(=O)Cc1cccc(C)c1N.CCOC(=O)Cc1cccc(C)c1NC(=O)c1nc(-c2cccc(CN)c2)nn2cccc12.CCOC(=O)Cc1cccc(C)c1NC(=O)c1nc(-c2cccc(CNC(=O)OC(C)(C)C)c2)nn2cccc12.Cc1cccc(CC(=O)O)c1NC(=O)c1nc(-c2cccc(CN)c2)nn2cccc12.[Na+].[OH-]. The molecule has 0 aliphatic rings. The number of carbonyl (C=O) groups excluding carboxylic acids is 8. The minimum atomic E-state index is -1.12. The van der Waals surface area contributed by atoms with E-state index in [-0.39, 0.29) is 127 Å². The van der Waals surface area contributed by atoms with Gasteiger partial charge in [0.2, 0.25) is 0 Å². The number of alkyl carbamates (subject to hydrolysis) is 2. The van der Waals surface area contributed by atoms with Crippen LogP contribution in [0.4, 0.5) is 32.3 Å². The van der Waals surface area contributed by atoms with Crippen LogP contribution in [0.2, 0.25) is 0 Å². The van der Waals surface area contributed by atoms with Gasteiger partial charge in [-0.25, -0.2) is 52.4 Å². The molecule has 8 aromatic heterocycles. The summed E-state index contributed by atoms with van der Waals surface area (Å²) in [6.07, 6.45) is 6.05. The molecule has 14 N–H and O–H groups in total. The van der Waals surface area contributed by atoms with E-state index < -0.39 is 53.0 Å². The smallest absolute Gasteiger partial charge is 0.870 e. The molecule has 0 unspecified atom stereocenters. The number of rotatable bonds is 28. The van der Waals surface area contributed by atoms with Crippen molar-refractivity contribution in [2.45, 2.75) is 153 Å². The predicted octanol–water partition coefficient (Wildman–Crippen LogP) is 13.3. The van der Waals surface area contributed by atoms with Gasteiger partial charge in [-0.1, -0.05) is 146 Å². The molecular formula is C108H115N20NaO18. The van der Waals surface area contributed by atoms with Gasteiger partial charge in [0.25, 0.3) is 17.7 Å². The van der Waals surface area contributed by atoms with E-state index in [0.717, 1.165) is 61.2 Å². The van der Waals surface area contributed by atoms with Gasteiger partial charge in [-0.15, -0.1) is 20.4 Å². The summed E-state index contributed by atoms with van der Waals surface area (Å²) in [7, 11) is 0. The number of amides is 5. The Bertz CT molecular complexity index is 7470. The fourth-order valence-electron chi connectivity index (χ4n) is 15.0. The fraction of sp³-hybridized carbons (Fsp3) is 0.241. The first-order valence-electron chi connectivity index (χ1n) is 46.5. The van der Waals surface area contributed by atoms with E-state index >= 15 is 0 Å². The number of hydrogen-bond donors (Lipinski definition) is 10. The largest absolute Gasteiger partial charge is 1.00 e. The van der Waals surface area contributed by atoms with E-state index in [4.69, 9.17) is 40.9 Å². The van der Waals surface area contributed by atoms with Crippen LogP contribution in [-0.4, -0.2) is 165 Å². The number of fused-ring (bicyclic) bond motifs is 4. The molecule has 0 spiro atoms. The van der Waals surface area contributed by atoms with Gasteiger partial charge in [-0.05, 0) is 230 Å². The Morgan fingerprint density at radius 3 is 0.925 bits per heavy atom. The maximum atomic E-state index is 13.6. The van der Waals surface area contributed by atoms with Gasteiger partial charge in [-0.2, -0.15) is 0 Å². The number of ether oxygens (including phenoxy) is 5. The van der Waals surface area contributed by atoms with E-state index in [2.05, 4.69) is 66.9 Å². The molecule has 0 aliphatic heterocycles. The number of anilines is 4. The number of aromatic carboxylic acids is 1. The van der Waals surface area contributed by atoms with E-state index in [1.54, 1.807) is 192 Å². The van der Waals surface area contributed by atoms with Crippen molar-refractivity contribution in [3.05, 3.63) is 333 Å². The minimum Gasteiger partial charge on any atom is -0.870 e. The number of carboxylic acid groups (broad SMARTS) is 2. The predicted molar refractivity (Wildman–Crippen MR) is 550 cm³/mol. The number of hydrogen-bond acceptors (Lipinski definition) is 27. The maximum Gasteiger partial charge on any atom is 1.00 e. The van der Waals surface area contributed by atoms with Crippen molar-refractivity contribution in [3.8, 4) is 45.6 Å². The molecule has 0 aliphatic carbocycles. The van der Waals surface area contributed by atoms with Crippen molar-refractivity contribution >= 4 is 105 Å². The molecule has 8 aromatic carbocycles. The number of nitrogens with one attached hydrogen (secondary N) is 5. The number of nitrogen functional groups attached to an aromatic ring is 1. The molecule has 0 saturated carbocycles. The first-order valence-corrected chi connectivity index (χ1v) is 46.5. The van der Waals surface area contributed by atoms with Gasteiger partial charge in [0, 0.05) is 96.0 Å². The molecule has 38 nitrogen and oxygen atoms in total. The van der Waals surface area contributed by atoms with Crippen LogP contribution in [0.1, 0.15) is 171 Å². The average molecular weight is 2000 g/mol. The Kier molecular flexibility index (Phi) is 39.6. The number of aliphatic carboxylic acids is 1. The standard InChI is InChI=1S/C30H33N5O5.C25H25N5O3.C23H21N5O3.C19H20N4O4.C11H15NO2.Na.H2O/c1-6-39-24(36)17-21-12-7-10-19(2)25(21)33-28(37)26-23-14-9-15-35(23)34-27(32-26)22-13-8-11-20(16-22)18-31-29(38)40-30(3,4)5;1-3-33-21(31)14-18-9-4-7-16(2)22(18)28-25(32)23-20-11-6-12-30(20)29-24(27-23)19-10-5-8-17(13-19)15-26;1-14-5-2-7-16(12-19(29)30)20(14)26-23(31)21-18-9-4-10-28(18)27-22(25-21)17-8-3-6-15(11-17)13-24;1-19(2,3)27-18(26)20-11-12-6-4-7-13(10-12)16-21-15(17(24)25)14-8-5-9-23(14)22-16;1-3-14-10(13)7-9-6-4-5-8(2)11(9)12;;/h7-16H,6,17-18H2,1-5H3,(H,31,38)(H,33,37);4-13H,3,14-15,26H2,1-2H3,(H,28,32);2-11H,12-13,24H2,1H3,(H,26,31)(H,29,30);4-10H,11H2,1-3H3,(H,20,26)(H,24,25);4-6H,3,7,12H2,1-2H3;;1H2/q;;;;;+1;/p-1. The van der Waals surface area contributed by atoms with Crippen LogP contribution in [-0.2, 0) is 94.7 Å². The molecule has 0 bridgehead atoms. The van der Waals surface area contributed by atoms with Crippen LogP contribution in [0.3, 0.4) is 0 Å². The summed E-state index contributed by atoms with van der Waals surface area (Å²) in [6, 6.07) is 65.7. The zero-order valence-corrected chi connectivity index (χ0v) is 85.9. The summed E-state index contributed by atoms with van der Waals surface area (Å²) in [5, 5.41) is 50.8. The van der Waals surface area contributed by atoms with Crippen molar-refractivity contribution in [2.24, 2.45) is 11.5 Å². The van der Waals surface area contributed by atoms with Crippen molar-refractivity contribution in [1.82, 2.24) is 69.0 Å². The second kappa shape index (κ2) is 52.0. The van der Waals surface area contributed by atoms with Crippen LogP contribution < -0.4 is 73.3 Å². The van der Waals surface area contributed by atoms with Crippen LogP contribution in [0.5, 0.6) is 0 Å². The summed E-state index contributed by atoms with van der Waals surface area (Å²) in [4.78, 5) is 140. The molecule has 16 aromatic rings. The minimum absolute atomic E-state index is 0. The second-order valence-corrected chi connectivity index (χ2v) is 35.1. The molecule has 756 valence electrons. The number of aryl methyl sites for hydroxylation is 4. The van der Waals surface area contributed by atoms with Gasteiger partial charge < -0.3 is 83.2 Å². The van der Waals surface area contributed by atoms with E-state index in [9.17, 15) is 58.2 Å². The van der Waals surface area contributed by atoms with Crippen LogP contribution in [0, 0.1) is 27.7 Å². The number of nitrogens with two attached hydrogens (primary N) is 3. The quantitative estimate of drug-likeness (QED) is 0.00942. The first-order chi connectivity index (χ1) is 69.4. The molecule has 8 heterocycles. The Morgan fingerprint density at radius 1 is 0.354 bits per heavy atom. The van der Waals surface area contributed by atoms with Crippen LogP contribution >= 0.6 is 0 Å². The molecule has 39 heteroatoms. The third kappa shape index (κ3) is 30.9. The monoisotopic (exact) mass is 2000 g/mol. The number of aromatic nitrogens is 12. The van der Waals surface area contributed by atoms with Crippen LogP contribution in [0.25, 0.3) is 67.6 Å². The van der Waals surface area contributed by atoms with Gasteiger partial charge in [0.15, 0.2) is 46.1 Å². The number of benzene rings is 8. The van der Waals surface area contributed by atoms with Crippen molar-refractivity contribution in [1.29, 1.82) is 0 Å². The van der Waals surface area contributed by atoms with Crippen LogP contribution in [0.15, 0.2) is 243 Å². The number of para-hydroxylation sites is 4. The molecule has 0 saturated heterocycles. The molecule has 5 amide bonds. The Balaban J connectivity index is 0.000000193. The number of carbonyl (C=O) groups is 10. The second-order valence-electron chi connectivity index (χ2n) is 35.1. The average Bonchev–Trinajstić information content (AvgIpc) is 1.74. The molecule has 0 atom stereocenters. The van der Waals surface area contributed by atoms with Gasteiger partial charge in [0.1, 0.15) is 11.2 Å². The van der Waals surface area contributed by atoms with Gasteiger partial charge >= 0.3 is 71.6 Å². The Morgan fingerprint density at radius 2 is 0.626 bits per heavy atom. The maximum absolute atomic E-state index is 13.6. The van der Waals surface area contributed by atoms with E-state index in [1.807, 2.05) is 155 Å². The number of nitrogens with zero attached hydrogens (tertiary/aromatic N) is 12. The van der Waals surface area contributed by atoms with Crippen molar-refractivity contribution in [2.75, 3.05) is 41.5 Å². The van der Waals surface area contributed by atoms with Gasteiger partial charge in [0.05, 0.1) is 67.6 Å². The fourth-order valence-corrected chi connectivity index (χ4v) is 15.0. The Labute approximate surface area is 869 Å². The Hall–Kier alpha value is -16.8. The normalized spacial score (nSPS) is 10.8. The summed E-state index contributed by atoms with van der Waals surface area (Å²) in [6.45, 7) is 25.8. The van der Waals surface area contributed by atoms with Crippen molar-refractivity contribution in [3.63, 3.8) is 0 Å². The summed E-state index contributed by atoms with van der Waals surface area (Å²) in [5.74, 6) is -2.89. The van der Waals surface area contributed by atoms with E-state index in [1.165, 1.54) is 4.52 Å². The van der Waals surface area contributed by atoms with E-state index in [0.29, 0.717) is 116 Å². The summed E-state index contributed by atoms with van der Waals surface area (Å²) >= 11 is 0. The number of esters is 3.